The molecule has 0 unspecified atom stereocenters. The molecule has 0 aliphatic rings. The minimum absolute atomic E-state index is 0.182. The van der Waals surface area contributed by atoms with E-state index in [1.807, 2.05) is 50.2 Å². The Morgan fingerprint density at radius 2 is 1.31 bits per heavy atom. The van der Waals surface area contributed by atoms with Crippen molar-refractivity contribution < 1.29 is 9.59 Å². The Kier molecular flexibility index (Phi) is 5.13. The number of benzene rings is 3. The van der Waals surface area contributed by atoms with E-state index in [4.69, 9.17) is 0 Å². The van der Waals surface area contributed by atoms with Crippen molar-refractivity contribution in [1.29, 1.82) is 0 Å². The van der Waals surface area contributed by atoms with E-state index >= 15 is 0 Å². The average Bonchev–Trinajstić information content (AvgIpc) is 2.65. The summed E-state index contributed by atoms with van der Waals surface area (Å²) in [5.74, 6) is -0.365. The number of nitrogens with one attached hydrogen (secondary N) is 2. The number of hydrogen-bond donors (Lipinski definition) is 2. The van der Waals surface area contributed by atoms with E-state index in [0.717, 1.165) is 16.8 Å². The van der Waals surface area contributed by atoms with Gasteiger partial charge in [-0.1, -0.05) is 35.9 Å². The number of hydrogen-bond acceptors (Lipinski definition) is 2. The van der Waals surface area contributed by atoms with E-state index in [2.05, 4.69) is 10.6 Å². The molecule has 4 heteroatoms. The Morgan fingerprint density at radius 1 is 0.692 bits per heavy atom. The Hall–Kier alpha value is -3.40. The maximum atomic E-state index is 12.4. The second kappa shape index (κ2) is 7.66. The molecule has 0 atom stereocenters. The molecule has 0 fully saturated rings. The molecule has 3 rings (SSSR count). The molecule has 26 heavy (non-hydrogen) atoms. The molecule has 0 aliphatic carbocycles. The Balaban J connectivity index is 1.67. The van der Waals surface area contributed by atoms with Crippen molar-refractivity contribution in [2.24, 2.45) is 0 Å². The first-order valence-electron chi connectivity index (χ1n) is 8.38. The lowest BCUT2D eigenvalue weighted by molar-refractivity contribution is 0.102. The van der Waals surface area contributed by atoms with Crippen LogP contribution in [0.1, 0.15) is 31.8 Å². The Morgan fingerprint density at radius 3 is 1.96 bits per heavy atom. The molecule has 0 aliphatic heterocycles. The van der Waals surface area contributed by atoms with Gasteiger partial charge in [0.15, 0.2) is 0 Å². The van der Waals surface area contributed by atoms with Crippen LogP contribution in [0.25, 0.3) is 0 Å². The van der Waals surface area contributed by atoms with Crippen LogP contribution in [0.2, 0.25) is 0 Å². The number of carbonyl (C=O) groups excluding carboxylic acids is 2. The lowest BCUT2D eigenvalue weighted by atomic mass is 10.1. The van der Waals surface area contributed by atoms with Crippen LogP contribution in [0.3, 0.4) is 0 Å². The van der Waals surface area contributed by atoms with Crippen LogP contribution >= 0.6 is 0 Å². The summed E-state index contributed by atoms with van der Waals surface area (Å²) >= 11 is 0. The van der Waals surface area contributed by atoms with Crippen molar-refractivity contribution in [3.05, 3.63) is 95.1 Å². The summed E-state index contributed by atoms with van der Waals surface area (Å²) in [5.41, 5.74) is 4.72. The summed E-state index contributed by atoms with van der Waals surface area (Å²) in [6, 6.07) is 21.7. The topological polar surface area (TPSA) is 58.2 Å². The standard InChI is InChI=1S/C22H20N2O2/c1-15-8-13-20(16(2)14-15)24-22(26)18-9-11-19(12-10-18)23-21(25)17-6-4-3-5-7-17/h3-14H,1-2H3,(H,23,25)(H,24,26). The first-order chi connectivity index (χ1) is 12.5. The van der Waals surface area contributed by atoms with Crippen LogP contribution in [0.4, 0.5) is 11.4 Å². The van der Waals surface area contributed by atoms with Crippen LogP contribution in [0.5, 0.6) is 0 Å². The highest BCUT2D eigenvalue weighted by Gasteiger charge is 2.09. The van der Waals surface area contributed by atoms with Crippen LogP contribution in [0, 0.1) is 13.8 Å². The van der Waals surface area contributed by atoms with E-state index < -0.39 is 0 Å². The number of rotatable bonds is 4. The molecule has 4 nitrogen and oxygen atoms in total. The van der Waals surface area contributed by atoms with Crippen LogP contribution in [0.15, 0.2) is 72.8 Å². The molecule has 3 aromatic carbocycles. The smallest absolute Gasteiger partial charge is 0.255 e. The minimum Gasteiger partial charge on any atom is -0.322 e. The maximum absolute atomic E-state index is 12.4. The van der Waals surface area contributed by atoms with Crippen LogP contribution in [-0.2, 0) is 0 Å². The lowest BCUT2D eigenvalue weighted by Crippen LogP contribution is -2.14. The molecule has 2 N–H and O–H groups in total. The summed E-state index contributed by atoms with van der Waals surface area (Å²) in [7, 11) is 0. The van der Waals surface area contributed by atoms with Gasteiger partial charge in [0.25, 0.3) is 11.8 Å². The van der Waals surface area contributed by atoms with Gasteiger partial charge >= 0.3 is 0 Å². The van der Waals surface area contributed by atoms with Gasteiger partial charge in [-0.2, -0.15) is 0 Å². The molecule has 130 valence electrons. The summed E-state index contributed by atoms with van der Waals surface area (Å²) in [4.78, 5) is 24.6. The number of aryl methyl sites for hydroxylation is 2. The third-order valence-corrected chi connectivity index (χ3v) is 4.07. The molecule has 2 amide bonds. The third-order valence-electron chi connectivity index (χ3n) is 4.07. The first kappa shape index (κ1) is 17.4. The van der Waals surface area contributed by atoms with E-state index in [-0.39, 0.29) is 11.8 Å². The highest BCUT2D eigenvalue weighted by atomic mass is 16.2. The van der Waals surface area contributed by atoms with Crippen molar-refractivity contribution >= 4 is 23.2 Å². The highest BCUT2D eigenvalue weighted by Crippen LogP contribution is 2.18. The molecular weight excluding hydrogens is 324 g/mol. The molecule has 0 aromatic heterocycles. The van der Waals surface area contributed by atoms with Gasteiger partial charge < -0.3 is 10.6 Å². The molecule has 0 bridgehead atoms. The van der Waals surface area contributed by atoms with Gasteiger partial charge in [-0.3, -0.25) is 9.59 Å². The van der Waals surface area contributed by atoms with Crippen molar-refractivity contribution in [3.8, 4) is 0 Å². The fourth-order valence-electron chi connectivity index (χ4n) is 2.65. The normalized spacial score (nSPS) is 10.2. The molecule has 3 aromatic rings. The van der Waals surface area contributed by atoms with Gasteiger partial charge in [0, 0.05) is 22.5 Å². The van der Waals surface area contributed by atoms with Gasteiger partial charge in [-0.25, -0.2) is 0 Å². The predicted molar refractivity (Wildman–Crippen MR) is 105 cm³/mol. The summed E-state index contributed by atoms with van der Waals surface area (Å²) in [6.07, 6.45) is 0. The first-order valence-corrected chi connectivity index (χ1v) is 8.38. The lowest BCUT2D eigenvalue weighted by Gasteiger charge is -2.10. The van der Waals surface area contributed by atoms with E-state index in [1.165, 1.54) is 0 Å². The molecule has 0 saturated heterocycles. The second-order valence-corrected chi connectivity index (χ2v) is 6.17. The summed E-state index contributed by atoms with van der Waals surface area (Å²) < 4.78 is 0. The van der Waals surface area contributed by atoms with Crippen molar-refractivity contribution in [2.45, 2.75) is 13.8 Å². The van der Waals surface area contributed by atoms with Gasteiger partial charge in [0.1, 0.15) is 0 Å². The van der Waals surface area contributed by atoms with E-state index in [0.29, 0.717) is 16.8 Å². The zero-order chi connectivity index (χ0) is 18.5. The second-order valence-electron chi connectivity index (χ2n) is 6.17. The van der Waals surface area contributed by atoms with Crippen LogP contribution < -0.4 is 10.6 Å². The zero-order valence-electron chi connectivity index (χ0n) is 14.7. The number of amides is 2. The number of carbonyl (C=O) groups is 2. The van der Waals surface area contributed by atoms with E-state index in [1.54, 1.807) is 36.4 Å². The average molecular weight is 344 g/mol. The summed E-state index contributed by atoms with van der Waals surface area (Å²) in [5, 5.41) is 5.73. The Labute approximate surface area is 152 Å². The zero-order valence-corrected chi connectivity index (χ0v) is 14.7. The summed E-state index contributed by atoms with van der Waals surface area (Å²) in [6.45, 7) is 3.98. The van der Waals surface area contributed by atoms with Crippen LogP contribution in [-0.4, -0.2) is 11.8 Å². The fourth-order valence-corrected chi connectivity index (χ4v) is 2.65. The quantitative estimate of drug-likeness (QED) is 0.714. The molecule has 0 spiro atoms. The monoisotopic (exact) mass is 344 g/mol. The molecule has 0 heterocycles. The van der Waals surface area contributed by atoms with Crippen molar-refractivity contribution in [1.82, 2.24) is 0 Å². The van der Waals surface area contributed by atoms with Gasteiger partial charge in [-0.05, 0) is 61.9 Å². The van der Waals surface area contributed by atoms with E-state index in [9.17, 15) is 9.59 Å². The molecule has 0 radical (unpaired) electrons. The van der Waals surface area contributed by atoms with Gasteiger partial charge in [0.05, 0.1) is 0 Å². The van der Waals surface area contributed by atoms with Gasteiger partial charge in [-0.15, -0.1) is 0 Å². The molecular formula is C22H20N2O2. The number of anilines is 2. The minimum atomic E-state index is -0.183. The fraction of sp³-hybridized carbons (Fsp3) is 0.0909. The maximum Gasteiger partial charge on any atom is 0.255 e. The molecule has 0 saturated carbocycles. The SMILES string of the molecule is Cc1ccc(NC(=O)c2ccc(NC(=O)c3ccccc3)cc2)c(C)c1. The van der Waals surface area contributed by atoms with Gasteiger partial charge in [0.2, 0.25) is 0 Å². The predicted octanol–water partition coefficient (Wildman–Crippen LogP) is 4.81. The Bertz CT molecular complexity index is 932. The third kappa shape index (κ3) is 4.16. The van der Waals surface area contributed by atoms with Crippen molar-refractivity contribution in [2.75, 3.05) is 10.6 Å². The highest BCUT2D eigenvalue weighted by molar-refractivity contribution is 6.06. The van der Waals surface area contributed by atoms with Crippen molar-refractivity contribution in [3.63, 3.8) is 0 Å². The largest absolute Gasteiger partial charge is 0.322 e.